The molecule has 2 N–H and O–H groups in total. The maximum Gasteiger partial charge on any atom is 0.243 e. The normalized spacial score (nSPS) is 12.0. The van der Waals surface area contributed by atoms with Crippen molar-refractivity contribution in [2.45, 2.75) is 24.9 Å². The van der Waals surface area contributed by atoms with Crippen molar-refractivity contribution in [2.24, 2.45) is 12.8 Å². The molecule has 2 aromatic rings. The summed E-state index contributed by atoms with van der Waals surface area (Å²) in [5.41, 5.74) is 8.32. The average Bonchev–Trinajstić information content (AvgIpc) is 2.84. The zero-order valence-electron chi connectivity index (χ0n) is 12.4. The van der Waals surface area contributed by atoms with Crippen molar-refractivity contribution in [1.29, 1.82) is 0 Å². The first kappa shape index (κ1) is 15.7. The lowest BCUT2D eigenvalue weighted by Crippen LogP contribution is -2.26. The third-order valence-electron chi connectivity index (χ3n) is 3.41. The SMILES string of the molecule is Cc1ccc(S(=O)(=O)N(C)Cc2cnn(C)c2)cc1CN. The predicted molar refractivity (Wildman–Crippen MR) is 80.9 cm³/mol. The van der Waals surface area contributed by atoms with E-state index in [2.05, 4.69) is 5.10 Å². The standard InChI is InChI=1S/C14H20N4O2S/c1-11-4-5-14(6-13(11)7-15)21(19,20)18(3)10-12-8-16-17(2)9-12/h4-6,8-9H,7,10,15H2,1-3H3. The number of benzene rings is 1. The highest BCUT2D eigenvalue weighted by atomic mass is 32.2. The highest BCUT2D eigenvalue weighted by molar-refractivity contribution is 7.89. The molecule has 1 aromatic heterocycles. The molecule has 0 aliphatic rings. The lowest BCUT2D eigenvalue weighted by atomic mass is 10.1. The fourth-order valence-electron chi connectivity index (χ4n) is 2.10. The second-order valence-electron chi connectivity index (χ2n) is 5.08. The Hall–Kier alpha value is -1.70. The molecule has 0 saturated heterocycles. The number of hydrogen-bond acceptors (Lipinski definition) is 4. The quantitative estimate of drug-likeness (QED) is 0.894. The molecule has 0 amide bonds. The van der Waals surface area contributed by atoms with E-state index >= 15 is 0 Å². The van der Waals surface area contributed by atoms with E-state index in [1.54, 1.807) is 49.4 Å². The summed E-state index contributed by atoms with van der Waals surface area (Å²) in [5, 5.41) is 4.04. The van der Waals surface area contributed by atoms with E-state index in [4.69, 9.17) is 5.73 Å². The van der Waals surface area contributed by atoms with E-state index in [1.807, 2.05) is 6.92 Å². The molecule has 0 atom stereocenters. The smallest absolute Gasteiger partial charge is 0.243 e. The average molecular weight is 308 g/mol. The van der Waals surface area contributed by atoms with Crippen molar-refractivity contribution < 1.29 is 8.42 Å². The molecule has 1 heterocycles. The van der Waals surface area contributed by atoms with E-state index < -0.39 is 10.0 Å². The van der Waals surface area contributed by atoms with Crippen LogP contribution in [-0.2, 0) is 30.2 Å². The summed E-state index contributed by atoms with van der Waals surface area (Å²) in [7, 11) is -0.180. The summed E-state index contributed by atoms with van der Waals surface area (Å²) in [6, 6.07) is 5.04. The van der Waals surface area contributed by atoms with E-state index in [1.165, 1.54) is 4.31 Å². The van der Waals surface area contributed by atoms with Crippen LogP contribution in [0.5, 0.6) is 0 Å². The molecule has 0 saturated carbocycles. The van der Waals surface area contributed by atoms with Crippen LogP contribution in [-0.4, -0.2) is 29.6 Å². The van der Waals surface area contributed by atoms with Crippen LogP contribution in [0.4, 0.5) is 0 Å². The molecule has 0 fully saturated rings. The first-order chi connectivity index (χ1) is 9.84. The fourth-order valence-corrected chi connectivity index (χ4v) is 3.31. The van der Waals surface area contributed by atoms with Gasteiger partial charge in [0, 0.05) is 38.9 Å². The van der Waals surface area contributed by atoms with Crippen LogP contribution in [0.25, 0.3) is 0 Å². The van der Waals surface area contributed by atoms with Crippen molar-refractivity contribution in [2.75, 3.05) is 7.05 Å². The van der Waals surface area contributed by atoms with Gasteiger partial charge in [0.05, 0.1) is 11.1 Å². The molecule has 7 heteroatoms. The number of nitrogens with two attached hydrogens (primary N) is 1. The number of hydrogen-bond donors (Lipinski definition) is 1. The maximum atomic E-state index is 12.6. The van der Waals surface area contributed by atoms with Gasteiger partial charge in [-0.2, -0.15) is 9.40 Å². The molecule has 0 radical (unpaired) electrons. The molecule has 1 aromatic carbocycles. The molecule has 2 rings (SSSR count). The third-order valence-corrected chi connectivity index (χ3v) is 5.21. The number of aromatic nitrogens is 2. The molecule has 0 unspecified atom stereocenters. The Morgan fingerprint density at radius 3 is 2.67 bits per heavy atom. The number of rotatable bonds is 5. The Kier molecular flexibility index (Phi) is 4.46. The zero-order chi connectivity index (χ0) is 15.6. The first-order valence-corrected chi connectivity index (χ1v) is 8.02. The molecule has 0 aliphatic carbocycles. The number of nitrogens with zero attached hydrogens (tertiary/aromatic N) is 3. The lowest BCUT2D eigenvalue weighted by Gasteiger charge is -2.17. The van der Waals surface area contributed by atoms with Gasteiger partial charge >= 0.3 is 0 Å². The minimum absolute atomic E-state index is 0.264. The van der Waals surface area contributed by atoms with Gasteiger partial charge in [-0.15, -0.1) is 0 Å². The summed E-state index contributed by atoms with van der Waals surface area (Å²) in [6.45, 7) is 2.52. The van der Waals surface area contributed by atoms with Crippen LogP contribution >= 0.6 is 0 Å². The molecule has 0 aliphatic heterocycles. The molecular formula is C14H20N4O2S. The van der Waals surface area contributed by atoms with E-state index in [0.717, 1.165) is 16.7 Å². The minimum atomic E-state index is -3.54. The molecule has 6 nitrogen and oxygen atoms in total. The summed E-state index contributed by atoms with van der Waals surface area (Å²) in [5.74, 6) is 0. The van der Waals surface area contributed by atoms with Crippen LogP contribution in [0.2, 0.25) is 0 Å². The van der Waals surface area contributed by atoms with Crippen LogP contribution in [0, 0.1) is 6.92 Å². The third kappa shape index (κ3) is 3.31. The van der Waals surface area contributed by atoms with E-state index in [-0.39, 0.29) is 11.4 Å². The Bertz CT molecular complexity index is 737. The highest BCUT2D eigenvalue weighted by Gasteiger charge is 2.22. The van der Waals surface area contributed by atoms with Crippen molar-refractivity contribution in [3.05, 3.63) is 47.3 Å². The predicted octanol–water partition coefficient (Wildman–Crippen LogP) is 1.01. The van der Waals surface area contributed by atoms with Gasteiger partial charge in [0.25, 0.3) is 0 Å². The molecular weight excluding hydrogens is 288 g/mol. The van der Waals surface area contributed by atoms with Gasteiger partial charge in [0.1, 0.15) is 0 Å². The summed E-state index contributed by atoms with van der Waals surface area (Å²) < 4.78 is 28.1. The van der Waals surface area contributed by atoms with Crippen molar-refractivity contribution in [3.63, 3.8) is 0 Å². The molecule has 0 spiro atoms. The van der Waals surface area contributed by atoms with Crippen LogP contribution in [0.15, 0.2) is 35.5 Å². The Morgan fingerprint density at radius 2 is 2.10 bits per heavy atom. The van der Waals surface area contributed by atoms with Gasteiger partial charge in [0.2, 0.25) is 10.0 Å². The van der Waals surface area contributed by atoms with Crippen molar-refractivity contribution in [3.8, 4) is 0 Å². The lowest BCUT2D eigenvalue weighted by molar-refractivity contribution is 0.466. The largest absolute Gasteiger partial charge is 0.326 e. The summed E-state index contributed by atoms with van der Waals surface area (Å²) in [6.07, 6.45) is 3.46. The summed E-state index contributed by atoms with van der Waals surface area (Å²) in [4.78, 5) is 0.264. The molecule has 114 valence electrons. The molecule has 21 heavy (non-hydrogen) atoms. The van der Waals surface area contributed by atoms with Gasteiger partial charge in [-0.3, -0.25) is 4.68 Å². The van der Waals surface area contributed by atoms with Crippen LogP contribution in [0.1, 0.15) is 16.7 Å². The minimum Gasteiger partial charge on any atom is -0.326 e. The zero-order valence-corrected chi connectivity index (χ0v) is 13.3. The van der Waals surface area contributed by atoms with Gasteiger partial charge in [-0.1, -0.05) is 6.07 Å². The second kappa shape index (κ2) is 5.97. The first-order valence-electron chi connectivity index (χ1n) is 6.58. The molecule has 0 bridgehead atoms. The van der Waals surface area contributed by atoms with E-state index in [0.29, 0.717) is 6.54 Å². The van der Waals surface area contributed by atoms with Crippen LogP contribution in [0.3, 0.4) is 0 Å². The van der Waals surface area contributed by atoms with Crippen LogP contribution < -0.4 is 5.73 Å². The van der Waals surface area contributed by atoms with Gasteiger partial charge in [0.15, 0.2) is 0 Å². The Balaban J connectivity index is 2.28. The topological polar surface area (TPSA) is 81.2 Å². The van der Waals surface area contributed by atoms with Crippen molar-refractivity contribution >= 4 is 10.0 Å². The number of aryl methyl sites for hydroxylation is 2. The number of sulfonamides is 1. The second-order valence-corrected chi connectivity index (χ2v) is 7.12. The Labute approximate surface area is 125 Å². The maximum absolute atomic E-state index is 12.6. The monoisotopic (exact) mass is 308 g/mol. The van der Waals surface area contributed by atoms with Gasteiger partial charge in [-0.05, 0) is 30.2 Å². The fraction of sp³-hybridized carbons (Fsp3) is 0.357. The van der Waals surface area contributed by atoms with E-state index in [9.17, 15) is 8.42 Å². The van der Waals surface area contributed by atoms with Crippen molar-refractivity contribution in [1.82, 2.24) is 14.1 Å². The Morgan fingerprint density at radius 1 is 1.38 bits per heavy atom. The highest BCUT2D eigenvalue weighted by Crippen LogP contribution is 2.20. The van der Waals surface area contributed by atoms with Gasteiger partial charge < -0.3 is 5.73 Å². The summed E-state index contributed by atoms with van der Waals surface area (Å²) >= 11 is 0. The van der Waals surface area contributed by atoms with Gasteiger partial charge in [-0.25, -0.2) is 8.42 Å².